The Kier molecular flexibility index (Phi) is 5.87. The average molecular weight is 385 g/mol. The Morgan fingerprint density at radius 2 is 2.07 bits per heavy atom. The standard InChI is InChI=1S/C17H19N7O2S/c1-22(2)14-6-4-13(5-7-14)10-19-24-11-18-20-17(24)27-12-23-9-8-15(21-23)16(25)26-3/h4-11H,12H2,1-3H3/b19-10-. The number of methoxy groups -OCH3 is 1. The molecule has 0 aliphatic heterocycles. The second-order valence-corrected chi connectivity index (χ2v) is 6.61. The average Bonchev–Trinajstić information content (AvgIpc) is 3.33. The maximum absolute atomic E-state index is 11.4. The predicted octanol–water partition coefficient (Wildman–Crippen LogP) is 1.96. The van der Waals surface area contributed by atoms with Gasteiger partial charge in [-0.15, -0.1) is 10.2 Å². The van der Waals surface area contributed by atoms with E-state index in [4.69, 9.17) is 0 Å². The molecular formula is C17H19N7O2S. The second-order valence-electron chi connectivity index (χ2n) is 5.69. The van der Waals surface area contributed by atoms with Crippen molar-refractivity contribution in [2.24, 2.45) is 5.10 Å². The van der Waals surface area contributed by atoms with Crippen molar-refractivity contribution in [2.75, 3.05) is 26.1 Å². The van der Waals surface area contributed by atoms with Gasteiger partial charge in [-0.2, -0.15) is 14.9 Å². The first-order valence-corrected chi connectivity index (χ1v) is 9.01. The van der Waals surface area contributed by atoms with E-state index in [-0.39, 0.29) is 5.69 Å². The molecule has 1 aromatic carbocycles. The summed E-state index contributed by atoms with van der Waals surface area (Å²) in [6, 6.07) is 9.65. The normalized spacial score (nSPS) is 11.1. The second kappa shape index (κ2) is 8.49. The first-order chi connectivity index (χ1) is 13.1. The molecule has 0 atom stereocenters. The third-order valence-electron chi connectivity index (χ3n) is 3.60. The fourth-order valence-corrected chi connectivity index (χ4v) is 2.87. The molecule has 2 heterocycles. The van der Waals surface area contributed by atoms with Crippen molar-refractivity contribution < 1.29 is 9.53 Å². The number of carbonyl (C=O) groups is 1. The minimum atomic E-state index is -0.466. The smallest absolute Gasteiger partial charge is 0.358 e. The van der Waals surface area contributed by atoms with E-state index in [1.54, 1.807) is 27.8 Å². The number of hydrogen-bond donors (Lipinski definition) is 0. The lowest BCUT2D eigenvalue weighted by molar-refractivity contribution is 0.0593. The van der Waals surface area contributed by atoms with E-state index in [1.165, 1.54) is 25.2 Å². The van der Waals surface area contributed by atoms with E-state index < -0.39 is 5.97 Å². The lowest BCUT2D eigenvalue weighted by Gasteiger charge is -2.11. The summed E-state index contributed by atoms with van der Waals surface area (Å²) in [6.45, 7) is 0. The van der Waals surface area contributed by atoms with Crippen LogP contribution in [0.2, 0.25) is 0 Å². The number of ether oxygens (including phenoxy) is 1. The molecule has 140 valence electrons. The molecule has 0 spiro atoms. The minimum Gasteiger partial charge on any atom is -0.464 e. The lowest BCUT2D eigenvalue weighted by atomic mass is 10.2. The molecular weight excluding hydrogens is 366 g/mol. The fraction of sp³-hybridized carbons (Fsp3) is 0.235. The molecule has 3 rings (SSSR count). The highest BCUT2D eigenvalue weighted by atomic mass is 32.2. The van der Waals surface area contributed by atoms with Gasteiger partial charge in [0.2, 0.25) is 5.16 Å². The van der Waals surface area contributed by atoms with Crippen LogP contribution in [0.15, 0.2) is 53.1 Å². The van der Waals surface area contributed by atoms with Crippen molar-refractivity contribution >= 4 is 29.6 Å². The summed E-state index contributed by atoms with van der Waals surface area (Å²) in [5.74, 6) is -0.00487. The number of esters is 1. The topological polar surface area (TPSA) is 90.4 Å². The van der Waals surface area contributed by atoms with Crippen molar-refractivity contribution in [1.29, 1.82) is 0 Å². The van der Waals surface area contributed by atoms with Gasteiger partial charge in [0.05, 0.1) is 19.2 Å². The molecule has 3 aromatic rings. The molecule has 0 N–H and O–H groups in total. The van der Waals surface area contributed by atoms with E-state index in [0.29, 0.717) is 11.0 Å². The quantitative estimate of drug-likeness (QED) is 0.349. The number of benzene rings is 1. The molecule has 0 bridgehead atoms. The Morgan fingerprint density at radius 1 is 1.30 bits per heavy atom. The van der Waals surface area contributed by atoms with Gasteiger partial charge in [0, 0.05) is 26.0 Å². The highest BCUT2D eigenvalue weighted by Gasteiger charge is 2.10. The van der Waals surface area contributed by atoms with Gasteiger partial charge >= 0.3 is 5.97 Å². The van der Waals surface area contributed by atoms with Gasteiger partial charge in [0.15, 0.2) is 5.69 Å². The van der Waals surface area contributed by atoms with Crippen LogP contribution in [0.3, 0.4) is 0 Å². The lowest BCUT2D eigenvalue weighted by Crippen LogP contribution is -2.08. The number of hydrogen-bond acceptors (Lipinski definition) is 8. The van der Waals surface area contributed by atoms with Gasteiger partial charge in [-0.1, -0.05) is 23.9 Å². The summed E-state index contributed by atoms with van der Waals surface area (Å²) >= 11 is 1.40. The van der Waals surface area contributed by atoms with Crippen LogP contribution in [-0.2, 0) is 10.6 Å². The first kappa shape index (κ1) is 18.6. The largest absolute Gasteiger partial charge is 0.464 e. The zero-order chi connectivity index (χ0) is 19.2. The van der Waals surface area contributed by atoms with Gasteiger partial charge in [0.25, 0.3) is 0 Å². The van der Waals surface area contributed by atoms with Crippen LogP contribution in [0.5, 0.6) is 0 Å². The Morgan fingerprint density at radius 3 is 2.78 bits per heavy atom. The van der Waals surface area contributed by atoms with Crippen molar-refractivity contribution in [1.82, 2.24) is 24.7 Å². The number of carbonyl (C=O) groups excluding carboxylic acids is 1. The van der Waals surface area contributed by atoms with E-state index in [9.17, 15) is 4.79 Å². The van der Waals surface area contributed by atoms with Crippen molar-refractivity contribution in [3.8, 4) is 0 Å². The molecule has 9 nitrogen and oxygen atoms in total. The zero-order valence-electron chi connectivity index (χ0n) is 15.2. The van der Waals surface area contributed by atoms with E-state index in [2.05, 4.69) is 25.1 Å². The van der Waals surface area contributed by atoms with Crippen molar-refractivity contribution in [3.63, 3.8) is 0 Å². The Bertz CT molecular complexity index is 931. The maximum Gasteiger partial charge on any atom is 0.358 e. The van der Waals surface area contributed by atoms with Crippen LogP contribution in [0.25, 0.3) is 0 Å². The number of anilines is 1. The van der Waals surface area contributed by atoms with Gasteiger partial charge in [-0.05, 0) is 23.8 Å². The summed E-state index contributed by atoms with van der Waals surface area (Å²) in [5.41, 5.74) is 2.36. The molecule has 0 saturated heterocycles. The third-order valence-corrected chi connectivity index (χ3v) is 4.52. The molecule has 0 fully saturated rings. The zero-order valence-corrected chi connectivity index (χ0v) is 16.0. The van der Waals surface area contributed by atoms with Crippen LogP contribution in [-0.4, -0.2) is 58.0 Å². The number of aromatic nitrogens is 5. The highest BCUT2D eigenvalue weighted by Crippen LogP contribution is 2.17. The maximum atomic E-state index is 11.4. The number of nitrogens with zero attached hydrogens (tertiary/aromatic N) is 7. The molecule has 0 unspecified atom stereocenters. The van der Waals surface area contributed by atoms with Crippen LogP contribution in [0.4, 0.5) is 5.69 Å². The Labute approximate surface area is 160 Å². The molecule has 10 heteroatoms. The molecule has 0 aliphatic carbocycles. The van der Waals surface area contributed by atoms with E-state index in [0.717, 1.165) is 11.3 Å². The molecule has 0 aliphatic rings. The fourth-order valence-electron chi connectivity index (χ4n) is 2.15. The van der Waals surface area contributed by atoms with Gasteiger partial charge < -0.3 is 9.64 Å². The summed E-state index contributed by atoms with van der Waals surface area (Å²) < 4.78 is 7.86. The minimum absolute atomic E-state index is 0.263. The molecule has 0 radical (unpaired) electrons. The molecule has 27 heavy (non-hydrogen) atoms. The Hall–Kier alpha value is -3.14. The van der Waals surface area contributed by atoms with Gasteiger partial charge in [-0.3, -0.25) is 4.68 Å². The van der Waals surface area contributed by atoms with Crippen LogP contribution in [0.1, 0.15) is 16.1 Å². The van der Waals surface area contributed by atoms with Gasteiger partial charge in [0.1, 0.15) is 6.33 Å². The summed E-state index contributed by atoms with van der Waals surface area (Å²) in [5, 5.41) is 17.1. The van der Waals surface area contributed by atoms with Crippen LogP contribution < -0.4 is 4.90 Å². The third kappa shape index (κ3) is 4.73. The highest BCUT2D eigenvalue weighted by molar-refractivity contribution is 7.98. The van der Waals surface area contributed by atoms with E-state index in [1.807, 2.05) is 43.3 Å². The number of thioether (sulfide) groups is 1. The van der Waals surface area contributed by atoms with Gasteiger partial charge in [-0.25, -0.2) is 4.79 Å². The monoisotopic (exact) mass is 385 g/mol. The van der Waals surface area contributed by atoms with Crippen molar-refractivity contribution in [3.05, 3.63) is 54.1 Å². The van der Waals surface area contributed by atoms with Crippen LogP contribution in [0, 0.1) is 0 Å². The summed E-state index contributed by atoms with van der Waals surface area (Å²) in [6.07, 6.45) is 4.99. The summed E-state index contributed by atoms with van der Waals surface area (Å²) in [4.78, 5) is 13.5. The van der Waals surface area contributed by atoms with E-state index >= 15 is 0 Å². The first-order valence-electron chi connectivity index (χ1n) is 8.03. The van der Waals surface area contributed by atoms with Crippen LogP contribution >= 0.6 is 11.8 Å². The summed E-state index contributed by atoms with van der Waals surface area (Å²) in [7, 11) is 5.32. The predicted molar refractivity (Wildman–Crippen MR) is 103 cm³/mol. The SMILES string of the molecule is COC(=O)c1ccn(CSc2nncn2/N=C\c2ccc(N(C)C)cc2)n1. The number of rotatable bonds is 7. The Balaban J connectivity index is 1.63. The molecule has 0 saturated carbocycles. The molecule has 2 aromatic heterocycles. The van der Waals surface area contributed by atoms with Crippen molar-refractivity contribution in [2.45, 2.75) is 11.0 Å². The molecule has 0 amide bonds.